The number of ether oxygens (including phenoxy) is 1. The van der Waals surface area contributed by atoms with E-state index in [-0.39, 0.29) is 21.7 Å². The van der Waals surface area contributed by atoms with E-state index in [1.807, 2.05) is 0 Å². The number of halogens is 1. The number of hydrogen-bond donors (Lipinski definition) is 0. The van der Waals surface area contributed by atoms with Crippen LogP contribution in [0, 0.1) is 10.1 Å². The van der Waals surface area contributed by atoms with Gasteiger partial charge in [0, 0.05) is 12.6 Å². The van der Waals surface area contributed by atoms with E-state index in [0.717, 1.165) is 10.4 Å². The third kappa shape index (κ3) is 4.79. The summed E-state index contributed by atoms with van der Waals surface area (Å²) in [7, 11) is -4.19. The summed E-state index contributed by atoms with van der Waals surface area (Å²) in [6, 6.07) is 9.55. The summed E-state index contributed by atoms with van der Waals surface area (Å²) in [5.74, 6) is -0.718. The number of nitrogens with zero attached hydrogens (tertiary/aromatic N) is 2. The van der Waals surface area contributed by atoms with E-state index in [4.69, 9.17) is 16.3 Å². The van der Waals surface area contributed by atoms with Crippen molar-refractivity contribution in [2.45, 2.75) is 17.7 Å². The number of rotatable bonds is 8. The molecule has 11 heteroatoms. The highest BCUT2D eigenvalue weighted by Gasteiger charge is 2.32. The van der Waals surface area contributed by atoms with Crippen molar-refractivity contribution in [2.24, 2.45) is 0 Å². The molecular formula is C15H15ClN2O6S2. The Hall–Kier alpha value is -2.01. The Morgan fingerprint density at radius 1 is 1.35 bits per heavy atom. The molecule has 2 rings (SSSR count). The molecule has 0 aliphatic heterocycles. The van der Waals surface area contributed by atoms with Gasteiger partial charge in [-0.1, -0.05) is 41.9 Å². The first-order chi connectivity index (χ1) is 12.3. The molecule has 0 saturated carbocycles. The van der Waals surface area contributed by atoms with Crippen molar-refractivity contribution < 1.29 is 22.9 Å². The van der Waals surface area contributed by atoms with Crippen molar-refractivity contribution >= 4 is 44.6 Å². The van der Waals surface area contributed by atoms with Gasteiger partial charge < -0.3 is 4.74 Å². The highest BCUT2D eigenvalue weighted by Crippen LogP contribution is 2.37. The minimum Gasteiger partial charge on any atom is -0.465 e. The highest BCUT2D eigenvalue weighted by molar-refractivity contribution is 7.91. The van der Waals surface area contributed by atoms with Gasteiger partial charge in [-0.05, 0) is 12.5 Å². The van der Waals surface area contributed by atoms with Crippen LogP contribution in [-0.2, 0) is 26.1 Å². The SMILES string of the molecule is CCOC(=O)CN(Cc1ccccc1)S(=O)(=O)c1cc([N+](=O)[O-])c(Cl)s1. The zero-order valence-electron chi connectivity index (χ0n) is 13.6. The van der Waals surface area contributed by atoms with Crippen molar-refractivity contribution in [3.8, 4) is 0 Å². The summed E-state index contributed by atoms with van der Waals surface area (Å²) in [4.78, 5) is 22.0. The maximum atomic E-state index is 12.9. The van der Waals surface area contributed by atoms with E-state index >= 15 is 0 Å². The predicted octanol–water partition coefficient (Wildman–Crippen LogP) is 3.06. The quantitative estimate of drug-likeness (QED) is 0.370. The normalized spacial score (nSPS) is 11.5. The van der Waals surface area contributed by atoms with Crippen LogP contribution >= 0.6 is 22.9 Å². The Bertz CT molecular complexity index is 898. The zero-order valence-corrected chi connectivity index (χ0v) is 16.0. The maximum absolute atomic E-state index is 12.9. The standard InChI is InChI=1S/C15H15ClN2O6S2/c1-2-24-13(19)10-17(9-11-6-4-3-5-7-11)26(22,23)14-8-12(18(20)21)15(16)25-14/h3-8H,2,9-10H2,1H3. The monoisotopic (exact) mass is 418 g/mol. The summed E-state index contributed by atoms with van der Waals surface area (Å²) >= 11 is 6.34. The van der Waals surface area contributed by atoms with Crippen LogP contribution in [0.3, 0.4) is 0 Å². The number of sulfonamides is 1. The fraction of sp³-hybridized carbons (Fsp3) is 0.267. The smallest absolute Gasteiger partial charge is 0.321 e. The number of esters is 1. The van der Waals surface area contributed by atoms with Crippen molar-refractivity contribution in [1.82, 2.24) is 4.31 Å². The minimum atomic E-state index is -4.19. The van der Waals surface area contributed by atoms with Gasteiger partial charge in [-0.15, -0.1) is 11.3 Å². The molecule has 0 saturated heterocycles. The van der Waals surface area contributed by atoms with Gasteiger partial charge in [0.05, 0.1) is 11.5 Å². The van der Waals surface area contributed by atoms with Crippen LogP contribution in [-0.4, -0.2) is 36.8 Å². The molecule has 0 unspecified atom stereocenters. The molecule has 8 nitrogen and oxygen atoms in total. The van der Waals surface area contributed by atoms with E-state index in [1.165, 1.54) is 0 Å². The Morgan fingerprint density at radius 3 is 2.54 bits per heavy atom. The van der Waals surface area contributed by atoms with Crippen LogP contribution in [0.5, 0.6) is 0 Å². The number of carbonyl (C=O) groups is 1. The Balaban J connectivity index is 2.39. The highest BCUT2D eigenvalue weighted by atomic mass is 35.5. The van der Waals surface area contributed by atoms with Crippen LogP contribution in [0.4, 0.5) is 5.69 Å². The summed E-state index contributed by atoms with van der Waals surface area (Å²) in [5.41, 5.74) is 0.156. The van der Waals surface area contributed by atoms with E-state index in [9.17, 15) is 23.3 Å². The van der Waals surface area contributed by atoms with Gasteiger partial charge in [0.1, 0.15) is 10.8 Å². The molecule has 2 aromatic rings. The van der Waals surface area contributed by atoms with Gasteiger partial charge >= 0.3 is 5.97 Å². The van der Waals surface area contributed by atoms with Crippen LogP contribution in [0.15, 0.2) is 40.6 Å². The summed E-state index contributed by atoms with van der Waals surface area (Å²) in [6.07, 6.45) is 0. The molecule has 0 N–H and O–H groups in total. The molecule has 0 bridgehead atoms. The van der Waals surface area contributed by atoms with E-state index in [1.54, 1.807) is 37.3 Å². The number of benzene rings is 1. The van der Waals surface area contributed by atoms with Crippen LogP contribution < -0.4 is 0 Å². The fourth-order valence-corrected chi connectivity index (χ4v) is 5.27. The van der Waals surface area contributed by atoms with E-state index in [2.05, 4.69) is 0 Å². The lowest BCUT2D eigenvalue weighted by Crippen LogP contribution is -2.35. The summed E-state index contributed by atoms with van der Waals surface area (Å²) < 4.78 is 31.0. The average molecular weight is 419 g/mol. The molecule has 0 fully saturated rings. The lowest BCUT2D eigenvalue weighted by atomic mass is 10.2. The molecule has 140 valence electrons. The second-order valence-corrected chi connectivity index (χ2v) is 8.86. The lowest BCUT2D eigenvalue weighted by Gasteiger charge is -2.20. The Labute approximate surface area is 159 Å². The van der Waals surface area contributed by atoms with E-state index in [0.29, 0.717) is 16.9 Å². The molecular weight excluding hydrogens is 404 g/mol. The van der Waals surface area contributed by atoms with Crippen LogP contribution in [0.2, 0.25) is 4.34 Å². The predicted molar refractivity (Wildman–Crippen MR) is 96.7 cm³/mol. The van der Waals surface area contributed by atoms with Gasteiger partial charge in [-0.3, -0.25) is 14.9 Å². The van der Waals surface area contributed by atoms with Crippen molar-refractivity contribution in [2.75, 3.05) is 13.2 Å². The summed E-state index contributed by atoms with van der Waals surface area (Å²) in [5, 5.41) is 10.9. The zero-order chi connectivity index (χ0) is 19.3. The first-order valence-corrected chi connectivity index (χ1v) is 10.0. The summed E-state index contributed by atoms with van der Waals surface area (Å²) in [6.45, 7) is 1.10. The molecule has 26 heavy (non-hydrogen) atoms. The van der Waals surface area contributed by atoms with Gasteiger partial charge in [0.25, 0.3) is 15.7 Å². The Kier molecular flexibility index (Phi) is 6.70. The van der Waals surface area contributed by atoms with Gasteiger partial charge in [0.2, 0.25) is 0 Å². The fourth-order valence-electron chi connectivity index (χ4n) is 2.08. The Morgan fingerprint density at radius 2 is 2.00 bits per heavy atom. The van der Waals surface area contributed by atoms with Gasteiger partial charge in [-0.2, -0.15) is 4.31 Å². The molecule has 0 atom stereocenters. The molecule has 0 amide bonds. The maximum Gasteiger partial charge on any atom is 0.321 e. The van der Waals surface area contributed by atoms with Gasteiger partial charge in [0.15, 0.2) is 4.34 Å². The number of carbonyl (C=O) groups excluding carboxylic acids is 1. The topological polar surface area (TPSA) is 107 Å². The number of nitro groups is 1. The van der Waals surface area contributed by atoms with E-state index < -0.39 is 33.1 Å². The van der Waals surface area contributed by atoms with Crippen LogP contribution in [0.25, 0.3) is 0 Å². The molecule has 1 heterocycles. The first kappa shape index (κ1) is 20.3. The van der Waals surface area contributed by atoms with Crippen molar-refractivity contribution in [3.05, 3.63) is 56.4 Å². The second-order valence-electron chi connectivity index (χ2n) is 5.05. The molecule has 1 aromatic carbocycles. The molecule has 0 aliphatic rings. The van der Waals surface area contributed by atoms with Gasteiger partial charge in [-0.25, -0.2) is 8.42 Å². The van der Waals surface area contributed by atoms with Crippen molar-refractivity contribution in [1.29, 1.82) is 0 Å². The third-order valence-electron chi connectivity index (χ3n) is 3.25. The number of thiophene rings is 1. The molecule has 1 aromatic heterocycles. The number of hydrogen-bond acceptors (Lipinski definition) is 7. The molecule has 0 radical (unpaired) electrons. The lowest BCUT2D eigenvalue weighted by molar-refractivity contribution is -0.384. The molecule has 0 spiro atoms. The second kappa shape index (κ2) is 8.58. The minimum absolute atomic E-state index is 0.0920. The molecule has 0 aliphatic carbocycles. The third-order valence-corrected chi connectivity index (χ3v) is 6.83. The van der Waals surface area contributed by atoms with Crippen LogP contribution in [0.1, 0.15) is 12.5 Å². The largest absolute Gasteiger partial charge is 0.465 e. The van der Waals surface area contributed by atoms with Crippen molar-refractivity contribution in [3.63, 3.8) is 0 Å². The first-order valence-electron chi connectivity index (χ1n) is 7.39. The average Bonchev–Trinajstić information content (AvgIpc) is 2.98.